The average Bonchev–Trinajstić information content (AvgIpc) is 3.08. The summed E-state index contributed by atoms with van der Waals surface area (Å²) in [6.07, 6.45) is 3.26. The SMILES string of the molecule is COc1ccc(/C(O)=C2/C(=O)C(=O)N(Cc3cccnc3)C2c2cccc(Cl)c2)cc1OC. The van der Waals surface area contributed by atoms with Crippen LogP contribution in [0.15, 0.2) is 72.6 Å². The first-order valence-corrected chi connectivity index (χ1v) is 10.5. The molecule has 0 saturated carbocycles. The van der Waals surface area contributed by atoms with Crippen molar-refractivity contribution in [3.63, 3.8) is 0 Å². The third-order valence-corrected chi connectivity index (χ3v) is 5.67. The number of methoxy groups -OCH3 is 2. The van der Waals surface area contributed by atoms with Crippen molar-refractivity contribution in [1.29, 1.82) is 0 Å². The van der Waals surface area contributed by atoms with Gasteiger partial charge in [0.25, 0.3) is 11.7 Å². The molecule has 168 valence electrons. The Kier molecular flexibility index (Phi) is 6.33. The van der Waals surface area contributed by atoms with Gasteiger partial charge < -0.3 is 19.5 Å². The maximum absolute atomic E-state index is 13.2. The van der Waals surface area contributed by atoms with E-state index in [-0.39, 0.29) is 17.9 Å². The van der Waals surface area contributed by atoms with Gasteiger partial charge in [-0.15, -0.1) is 0 Å². The van der Waals surface area contributed by atoms with E-state index in [1.807, 2.05) is 6.07 Å². The van der Waals surface area contributed by atoms with Gasteiger partial charge in [-0.2, -0.15) is 0 Å². The van der Waals surface area contributed by atoms with Crippen LogP contribution in [-0.2, 0) is 16.1 Å². The Balaban J connectivity index is 1.88. The first-order valence-electron chi connectivity index (χ1n) is 10.1. The van der Waals surface area contributed by atoms with Gasteiger partial charge in [0.1, 0.15) is 5.76 Å². The van der Waals surface area contributed by atoms with Crippen LogP contribution in [0, 0.1) is 0 Å². The van der Waals surface area contributed by atoms with Crippen molar-refractivity contribution in [2.24, 2.45) is 0 Å². The molecular formula is C25H21ClN2O5. The van der Waals surface area contributed by atoms with E-state index in [0.717, 1.165) is 5.56 Å². The summed E-state index contributed by atoms with van der Waals surface area (Å²) < 4.78 is 10.6. The van der Waals surface area contributed by atoms with E-state index >= 15 is 0 Å². The standard InChI is InChI=1S/C25H21ClN2O5/c1-32-19-9-8-17(12-20(19)33-2)23(29)21-22(16-6-3-7-18(26)11-16)28(25(31)24(21)30)14-15-5-4-10-27-13-15/h3-13,22,29H,14H2,1-2H3/b23-21-. The zero-order valence-electron chi connectivity index (χ0n) is 18.0. The largest absolute Gasteiger partial charge is 0.507 e. The Bertz CT molecular complexity index is 1240. The fourth-order valence-electron chi connectivity index (χ4n) is 3.89. The van der Waals surface area contributed by atoms with Gasteiger partial charge in [0, 0.05) is 29.5 Å². The van der Waals surface area contributed by atoms with Gasteiger partial charge in [-0.3, -0.25) is 14.6 Å². The molecule has 2 aromatic carbocycles. The molecule has 1 amide bonds. The highest BCUT2D eigenvalue weighted by Gasteiger charge is 2.46. The zero-order valence-corrected chi connectivity index (χ0v) is 18.7. The van der Waals surface area contributed by atoms with Gasteiger partial charge >= 0.3 is 0 Å². The average molecular weight is 465 g/mol. The van der Waals surface area contributed by atoms with Crippen LogP contribution in [-0.4, -0.2) is 40.9 Å². The third kappa shape index (κ3) is 4.27. The molecule has 1 aromatic heterocycles. The first-order chi connectivity index (χ1) is 15.9. The number of ketones is 1. The van der Waals surface area contributed by atoms with Crippen molar-refractivity contribution in [1.82, 2.24) is 9.88 Å². The number of Topliss-reactive ketones (excluding diaryl/α,β-unsaturated/α-hetero) is 1. The Morgan fingerprint density at radius 3 is 2.52 bits per heavy atom. The van der Waals surface area contributed by atoms with Gasteiger partial charge in [0.15, 0.2) is 11.5 Å². The fraction of sp³-hybridized carbons (Fsp3) is 0.160. The molecule has 3 aromatic rings. The molecule has 1 aliphatic rings. The minimum absolute atomic E-state index is 0.0293. The molecule has 0 spiro atoms. The third-order valence-electron chi connectivity index (χ3n) is 5.44. The number of aromatic nitrogens is 1. The number of nitrogens with zero attached hydrogens (tertiary/aromatic N) is 2. The molecule has 0 radical (unpaired) electrons. The van der Waals surface area contributed by atoms with Crippen LogP contribution in [0.5, 0.6) is 11.5 Å². The number of aliphatic hydroxyl groups is 1. The monoisotopic (exact) mass is 464 g/mol. The number of hydrogen-bond acceptors (Lipinski definition) is 6. The molecule has 4 rings (SSSR count). The predicted octanol–water partition coefficient (Wildman–Crippen LogP) is 4.37. The van der Waals surface area contributed by atoms with Crippen LogP contribution in [0.1, 0.15) is 22.7 Å². The number of benzene rings is 2. The molecule has 1 aliphatic heterocycles. The lowest BCUT2D eigenvalue weighted by Crippen LogP contribution is -2.29. The van der Waals surface area contributed by atoms with E-state index in [1.165, 1.54) is 19.1 Å². The second-order valence-corrected chi connectivity index (χ2v) is 7.85. The summed E-state index contributed by atoms with van der Waals surface area (Å²) in [6.45, 7) is 0.137. The molecule has 1 saturated heterocycles. The highest BCUT2D eigenvalue weighted by Crippen LogP contribution is 2.41. The van der Waals surface area contributed by atoms with Crippen molar-refractivity contribution in [2.45, 2.75) is 12.6 Å². The maximum atomic E-state index is 13.2. The molecule has 1 unspecified atom stereocenters. The quantitative estimate of drug-likeness (QED) is 0.331. The minimum atomic E-state index is -0.836. The summed E-state index contributed by atoms with van der Waals surface area (Å²) in [6, 6.07) is 14.4. The Morgan fingerprint density at radius 1 is 1.06 bits per heavy atom. The van der Waals surface area contributed by atoms with Crippen LogP contribution in [0.2, 0.25) is 5.02 Å². The maximum Gasteiger partial charge on any atom is 0.295 e. The van der Waals surface area contributed by atoms with Crippen LogP contribution in [0.4, 0.5) is 0 Å². The Morgan fingerprint density at radius 2 is 1.85 bits per heavy atom. The van der Waals surface area contributed by atoms with Crippen molar-refractivity contribution >= 4 is 29.1 Å². The zero-order chi connectivity index (χ0) is 23.5. The molecule has 0 aliphatic carbocycles. The summed E-state index contributed by atoms with van der Waals surface area (Å²) in [5, 5.41) is 11.7. The van der Waals surface area contributed by atoms with E-state index in [2.05, 4.69) is 4.98 Å². The number of carbonyl (C=O) groups excluding carboxylic acids is 2. The first kappa shape index (κ1) is 22.4. The number of aliphatic hydroxyl groups excluding tert-OH is 1. The molecule has 33 heavy (non-hydrogen) atoms. The number of amides is 1. The summed E-state index contributed by atoms with van der Waals surface area (Å²) in [5.74, 6) is -0.960. The second kappa shape index (κ2) is 9.34. The van der Waals surface area contributed by atoms with Gasteiger partial charge in [-0.1, -0.05) is 29.8 Å². The lowest BCUT2D eigenvalue weighted by molar-refractivity contribution is -0.140. The van der Waals surface area contributed by atoms with Crippen LogP contribution < -0.4 is 9.47 Å². The number of carbonyl (C=O) groups is 2. The number of rotatable bonds is 6. The van der Waals surface area contributed by atoms with Gasteiger partial charge in [-0.05, 0) is 47.5 Å². The second-order valence-electron chi connectivity index (χ2n) is 7.41. The van der Waals surface area contributed by atoms with Crippen molar-refractivity contribution in [3.8, 4) is 11.5 Å². The molecule has 1 fully saturated rings. The molecule has 8 heteroatoms. The summed E-state index contributed by atoms with van der Waals surface area (Å²) in [7, 11) is 2.97. The van der Waals surface area contributed by atoms with E-state index in [4.69, 9.17) is 21.1 Å². The summed E-state index contributed by atoms with van der Waals surface area (Å²) >= 11 is 6.21. The molecule has 2 heterocycles. The predicted molar refractivity (Wildman–Crippen MR) is 123 cm³/mol. The van der Waals surface area contributed by atoms with E-state index < -0.39 is 17.7 Å². The number of halogens is 1. The topological polar surface area (TPSA) is 89.0 Å². The van der Waals surface area contributed by atoms with E-state index in [0.29, 0.717) is 27.6 Å². The van der Waals surface area contributed by atoms with E-state index in [9.17, 15) is 14.7 Å². The van der Waals surface area contributed by atoms with Crippen molar-refractivity contribution < 1.29 is 24.2 Å². The Hall–Kier alpha value is -3.84. The smallest absolute Gasteiger partial charge is 0.295 e. The highest BCUT2D eigenvalue weighted by molar-refractivity contribution is 6.46. The van der Waals surface area contributed by atoms with Gasteiger partial charge in [-0.25, -0.2) is 0 Å². The van der Waals surface area contributed by atoms with Crippen molar-refractivity contribution in [3.05, 3.63) is 94.3 Å². The molecular weight excluding hydrogens is 444 g/mol. The van der Waals surface area contributed by atoms with Crippen LogP contribution >= 0.6 is 11.6 Å². The molecule has 7 nitrogen and oxygen atoms in total. The highest BCUT2D eigenvalue weighted by atomic mass is 35.5. The van der Waals surface area contributed by atoms with E-state index in [1.54, 1.807) is 60.9 Å². The fourth-order valence-corrected chi connectivity index (χ4v) is 4.09. The lowest BCUT2D eigenvalue weighted by atomic mass is 9.95. The molecule has 1 atom stereocenters. The van der Waals surface area contributed by atoms with Gasteiger partial charge in [0.05, 0.1) is 25.8 Å². The number of ether oxygens (including phenoxy) is 2. The number of likely N-dealkylation sites (tertiary alicyclic amines) is 1. The minimum Gasteiger partial charge on any atom is -0.507 e. The number of hydrogen-bond donors (Lipinski definition) is 1. The van der Waals surface area contributed by atoms with Crippen LogP contribution in [0.25, 0.3) is 5.76 Å². The molecule has 0 bridgehead atoms. The number of pyridine rings is 1. The summed E-state index contributed by atoms with van der Waals surface area (Å²) in [4.78, 5) is 31.7. The Labute approximate surface area is 195 Å². The van der Waals surface area contributed by atoms with Gasteiger partial charge in [0.2, 0.25) is 0 Å². The summed E-state index contributed by atoms with van der Waals surface area (Å²) in [5.41, 5.74) is 1.64. The normalized spacial score (nSPS) is 17.3. The van der Waals surface area contributed by atoms with Crippen molar-refractivity contribution in [2.75, 3.05) is 14.2 Å². The molecule has 1 N–H and O–H groups in total. The lowest BCUT2D eigenvalue weighted by Gasteiger charge is -2.25. The van der Waals surface area contributed by atoms with Crippen LogP contribution in [0.3, 0.4) is 0 Å².